The molecular weight excluding hydrogens is 765 g/mol. The van der Waals surface area contributed by atoms with Gasteiger partial charge in [0.05, 0.1) is 22.4 Å². The highest BCUT2D eigenvalue weighted by Gasteiger charge is 2.23. The van der Waals surface area contributed by atoms with E-state index < -0.39 is 0 Å². The van der Waals surface area contributed by atoms with E-state index in [1.165, 1.54) is 54.1 Å². The lowest BCUT2D eigenvalue weighted by molar-refractivity contribution is 0.670. The van der Waals surface area contributed by atoms with Crippen LogP contribution in [0.1, 0.15) is 0 Å². The van der Waals surface area contributed by atoms with Crippen LogP contribution in [0, 0.1) is 0 Å². The lowest BCUT2D eigenvalue weighted by Gasteiger charge is -2.29. The number of para-hydroxylation sites is 6. The molecule has 0 radical (unpaired) electrons. The van der Waals surface area contributed by atoms with E-state index >= 15 is 0 Å². The van der Waals surface area contributed by atoms with E-state index in [-0.39, 0.29) is 0 Å². The second-order valence-electron chi connectivity index (χ2n) is 16.4. The van der Waals surface area contributed by atoms with E-state index in [1.54, 1.807) is 0 Å². The summed E-state index contributed by atoms with van der Waals surface area (Å²) in [5, 5.41) is 12.2. The normalized spacial score (nSPS) is 11.8. The van der Waals surface area contributed by atoms with Crippen molar-refractivity contribution in [1.29, 1.82) is 0 Å². The third-order valence-corrected chi connectivity index (χ3v) is 13.0. The maximum Gasteiger partial charge on any atom is 0.143 e. The highest BCUT2D eigenvalue weighted by atomic mass is 16.3. The number of aromatic nitrogens is 1. The molecule has 0 aliphatic rings. The van der Waals surface area contributed by atoms with Crippen molar-refractivity contribution in [3.8, 4) is 27.9 Å². The molecule has 0 saturated carbocycles. The first-order valence-corrected chi connectivity index (χ1v) is 21.6. The second kappa shape index (κ2) is 14.1. The van der Waals surface area contributed by atoms with Crippen LogP contribution >= 0.6 is 0 Å². The highest BCUT2D eigenvalue weighted by Crippen LogP contribution is 2.47. The van der Waals surface area contributed by atoms with Gasteiger partial charge in [-0.1, -0.05) is 176 Å². The number of fused-ring (bicyclic) bond motifs is 12. The predicted octanol–water partition coefficient (Wildman–Crippen LogP) is 16.9. The summed E-state index contributed by atoms with van der Waals surface area (Å²) in [4.78, 5) is 2.45. The standard InChI is InChI=1S/C60H38N2O/c1-2-21-45-43(19-1)44-20-3-4-22-46(44)54-38-41(35-36-47(45)54)61(40-18-15-17-39(37-40)42-28-16-29-53-52-27-9-14-34-59(52)63-60(42)53)55-30-10-5-23-48(55)49-24-6-11-31-56(49)62-57-32-12-7-25-50(57)51-26-8-13-33-58(51)62/h1-38H. The first-order valence-electron chi connectivity index (χ1n) is 21.6. The largest absolute Gasteiger partial charge is 0.455 e. The van der Waals surface area contributed by atoms with E-state index in [4.69, 9.17) is 4.42 Å². The van der Waals surface area contributed by atoms with Crippen LogP contribution in [0.15, 0.2) is 235 Å². The smallest absolute Gasteiger partial charge is 0.143 e. The molecule has 0 aliphatic heterocycles. The van der Waals surface area contributed by atoms with Gasteiger partial charge in [0.1, 0.15) is 11.2 Å². The van der Waals surface area contributed by atoms with Crippen LogP contribution in [0.2, 0.25) is 0 Å². The third kappa shape index (κ3) is 5.46. The van der Waals surface area contributed by atoms with Gasteiger partial charge in [0.25, 0.3) is 0 Å². The van der Waals surface area contributed by atoms with Crippen molar-refractivity contribution < 1.29 is 4.42 Å². The molecule has 0 spiro atoms. The molecule has 0 bridgehead atoms. The number of benzene rings is 11. The number of rotatable bonds is 6. The van der Waals surface area contributed by atoms with Crippen LogP contribution in [0.3, 0.4) is 0 Å². The topological polar surface area (TPSA) is 21.3 Å². The number of anilines is 3. The summed E-state index contributed by atoms with van der Waals surface area (Å²) in [5.74, 6) is 0. The van der Waals surface area contributed by atoms with Crippen LogP contribution in [0.5, 0.6) is 0 Å². The fourth-order valence-corrected chi connectivity index (χ4v) is 10.2. The van der Waals surface area contributed by atoms with Gasteiger partial charge < -0.3 is 13.9 Å². The molecule has 3 nitrogen and oxygen atoms in total. The molecule has 0 unspecified atom stereocenters. The molecule has 0 atom stereocenters. The quantitative estimate of drug-likeness (QED) is 0.156. The lowest BCUT2D eigenvalue weighted by Crippen LogP contribution is -2.12. The minimum atomic E-state index is 0.893. The molecule has 63 heavy (non-hydrogen) atoms. The monoisotopic (exact) mass is 802 g/mol. The molecule has 0 aliphatic carbocycles. The van der Waals surface area contributed by atoms with Gasteiger partial charge >= 0.3 is 0 Å². The van der Waals surface area contributed by atoms with Gasteiger partial charge in [-0.15, -0.1) is 0 Å². The zero-order valence-corrected chi connectivity index (χ0v) is 34.2. The van der Waals surface area contributed by atoms with E-state index in [1.807, 2.05) is 6.07 Å². The summed E-state index contributed by atoms with van der Waals surface area (Å²) in [6.45, 7) is 0. The Morgan fingerprint density at radius 2 is 0.825 bits per heavy atom. The lowest BCUT2D eigenvalue weighted by atomic mass is 9.93. The average molecular weight is 803 g/mol. The first kappa shape index (κ1) is 35.4. The molecule has 3 heteroatoms. The van der Waals surface area contributed by atoms with E-state index in [0.717, 1.165) is 66.9 Å². The summed E-state index contributed by atoms with van der Waals surface area (Å²) in [5.41, 5.74) is 12.9. The van der Waals surface area contributed by atoms with Crippen molar-refractivity contribution in [3.63, 3.8) is 0 Å². The van der Waals surface area contributed by atoms with Gasteiger partial charge in [-0.3, -0.25) is 0 Å². The van der Waals surface area contributed by atoms with E-state index in [2.05, 4.69) is 234 Å². The maximum absolute atomic E-state index is 6.60. The Morgan fingerprint density at radius 1 is 0.317 bits per heavy atom. The Balaban J connectivity index is 1.08. The van der Waals surface area contributed by atoms with Crippen LogP contribution < -0.4 is 4.90 Å². The molecule has 11 aromatic carbocycles. The summed E-state index contributed by atoms with van der Waals surface area (Å²) < 4.78 is 9.04. The number of furan rings is 1. The predicted molar refractivity (Wildman–Crippen MR) is 266 cm³/mol. The van der Waals surface area contributed by atoms with Crippen LogP contribution in [0.25, 0.3) is 104 Å². The van der Waals surface area contributed by atoms with Crippen LogP contribution in [-0.4, -0.2) is 4.57 Å². The van der Waals surface area contributed by atoms with E-state index in [0.29, 0.717) is 0 Å². The van der Waals surface area contributed by atoms with Crippen molar-refractivity contribution in [2.45, 2.75) is 0 Å². The summed E-state index contributed by atoms with van der Waals surface area (Å²) >= 11 is 0. The molecule has 0 N–H and O–H groups in total. The van der Waals surface area contributed by atoms with Crippen molar-refractivity contribution in [3.05, 3.63) is 231 Å². The Kier molecular flexibility index (Phi) is 7.91. The van der Waals surface area contributed by atoms with Gasteiger partial charge in [0.15, 0.2) is 0 Å². The van der Waals surface area contributed by atoms with E-state index in [9.17, 15) is 0 Å². The second-order valence-corrected chi connectivity index (χ2v) is 16.4. The summed E-state index contributed by atoms with van der Waals surface area (Å²) in [6.07, 6.45) is 0. The summed E-state index contributed by atoms with van der Waals surface area (Å²) in [6, 6.07) is 83.6. The Morgan fingerprint density at radius 3 is 1.56 bits per heavy atom. The molecular formula is C60H38N2O. The van der Waals surface area contributed by atoms with Gasteiger partial charge in [-0.05, 0) is 92.5 Å². The molecule has 294 valence electrons. The Hall–Kier alpha value is -8.40. The van der Waals surface area contributed by atoms with Crippen LogP contribution in [0.4, 0.5) is 17.1 Å². The summed E-state index contributed by atoms with van der Waals surface area (Å²) in [7, 11) is 0. The fraction of sp³-hybridized carbons (Fsp3) is 0. The van der Waals surface area contributed by atoms with Crippen molar-refractivity contribution in [1.82, 2.24) is 4.57 Å². The molecule has 0 amide bonds. The third-order valence-electron chi connectivity index (χ3n) is 13.0. The van der Waals surface area contributed by atoms with Crippen molar-refractivity contribution >= 4 is 93.1 Å². The molecule has 13 aromatic rings. The van der Waals surface area contributed by atoms with Gasteiger partial charge in [-0.25, -0.2) is 0 Å². The Labute approximate surface area is 363 Å². The maximum atomic E-state index is 6.60. The van der Waals surface area contributed by atoms with Crippen molar-refractivity contribution in [2.24, 2.45) is 0 Å². The van der Waals surface area contributed by atoms with Gasteiger partial charge in [0, 0.05) is 49.6 Å². The molecule has 2 heterocycles. The average Bonchev–Trinajstić information content (AvgIpc) is 3.91. The molecule has 13 rings (SSSR count). The SMILES string of the molecule is c1cc(-c2cccc3c2oc2ccccc23)cc(N(c2ccc3c4ccccc4c4ccccc4c3c2)c2ccccc2-c2ccccc2-n2c3ccccc3c3ccccc32)c1. The number of hydrogen-bond donors (Lipinski definition) is 0. The van der Waals surface area contributed by atoms with Gasteiger partial charge in [-0.2, -0.15) is 0 Å². The zero-order valence-electron chi connectivity index (χ0n) is 34.2. The molecule has 0 fully saturated rings. The first-order chi connectivity index (χ1) is 31.3. The number of nitrogens with zero attached hydrogens (tertiary/aromatic N) is 2. The zero-order chi connectivity index (χ0) is 41.4. The fourth-order valence-electron chi connectivity index (χ4n) is 10.2. The minimum absolute atomic E-state index is 0.893. The molecule has 0 saturated heterocycles. The van der Waals surface area contributed by atoms with Crippen LogP contribution in [-0.2, 0) is 0 Å². The number of hydrogen-bond acceptors (Lipinski definition) is 2. The Bertz CT molecular complexity index is 3860. The minimum Gasteiger partial charge on any atom is -0.455 e. The highest BCUT2D eigenvalue weighted by molar-refractivity contribution is 6.26. The molecule has 2 aromatic heterocycles. The van der Waals surface area contributed by atoms with Crippen molar-refractivity contribution in [2.75, 3.05) is 4.90 Å². The van der Waals surface area contributed by atoms with Gasteiger partial charge in [0.2, 0.25) is 0 Å².